The third-order valence-electron chi connectivity index (χ3n) is 5.38. The van der Waals surface area contributed by atoms with Gasteiger partial charge in [0.15, 0.2) is 0 Å². The summed E-state index contributed by atoms with van der Waals surface area (Å²) < 4.78 is 42.3. The molecule has 2 fully saturated rings. The molecule has 1 amide bonds. The third kappa shape index (κ3) is 5.55. The number of piperidine rings is 1. The quantitative estimate of drug-likeness (QED) is 0.556. The first kappa shape index (κ1) is 22.2. The van der Waals surface area contributed by atoms with Gasteiger partial charge in [-0.15, -0.1) is 0 Å². The SMILES string of the molecule is O=C([C@@H]1CCNC1)N1CCC(Cc2cc(Cl)c(Cl)cc2OC(=O)C(F)(F)F)CC1. The monoisotopic (exact) mass is 452 g/mol. The summed E-state index contributed by atoms with van der Waals surface area (Å²) in [4.78, 5) is 25.6. The Hall–Kier alpha value is -1.51. The van der Waals surface area contributed by atoms with E-state index in [0.717, 1.165) is 19.0 Å². The number of esters is 1. The Morgan fingerprint density at radius 3 is 2.38 bits per heavy atom. The molecule has 0 bridgehead atoms. The smallest absolute Gasteiger partial charge is 0.420 e. The molecule has 2 aliphatic heterocycles. The average molecular weight is 453 g/mol. The van der Waals surface area contributed by atoms with Crippen LogP contribution < -0.4 is 10.1 Å². The Labute approximate surface area is 176 Å². The van der Waals surface area contributed by atoms with E-state index in [1.54, 1.807) is 0 Å². The molecule has 2 saturated heterocycles. The number of ether oxygens (including phenoxy) is 1. The number of nitrogens with zero attached hydrogens (tertiary/aromatic N) is 1. The van der Waals surface area contributed by atoms with Gasteiger partial charge in [0.2, 0.25) is 5.91 Å². The summed E-state index contributed by atoms with van der Waals surface area (Å²) in [5, 5.41) is 3.36. The highest BCUT2D eigenvalue weighted by Crippen LogP contribution is 2.35. The molecule has 29 heavy (non-hydrogen) atoms. The zero-order valence-electron chi connectivity index (χ0n) is 15.5. The minimum Gasteiger partial charge on any atom is -0.420 e. The Bertz CT molecular complexity index is 775. The summed E-state index contributed by atoms with van der Waals surface area (Å²) in [7, 11) is 0. The molecular formula is C19H21Cl2F3N2O3. The molecule has 0 unspecified atom stereocenters. The molecular weight excluding hydrogens is 432 g/mol. The summed E-state index contributed by atoms with van der Waals surface area (Å²) >= 11 is 11.9. The fourth-order valence-corrected chi connectivity index (χ4v) is 4.11. The maximum Gasteiger partial charge on any atom is 0.491 e. The second-order valence-electron chi connectivity index (χ2n) is 7.42. The molecule has 2 aliphatic rings. The molecule has 2 heterocycles. The van der Waals surface area contributed by atoms with Crippen molar-refractivity contribution >= 4 is 35.1 Å². The lowest BCUT2D eigenvalue weighted by atomic mass is 9.89. The van der Waals surface area contributed by atoms with Crippen molar-refractivity contribution in [2.75, 3.05) is 26.2 Å². The van der Waals surface area contributed by atoms with Crippen LogP contribution in [0.4, 0.5) is 13.2 Å². The van der Waals surface area contributed by atoms with Gasteiger partial charge in [-0.25, -0.2) is 4.79 Å². The highest BCUT2D eigenvalue weighted by molar-refractivity contribution is 6.42. The van der Waals surface area contributed by atoms with Gasteiger partial charge in [0.25, 0.3) is 0 Å². The minimum atomic E-state index is -5.11. The highest BCUT2D eigenvalue weighted by Gasteiger charge is 2.42. The van der Waals surface area contributed by atoms with Crippen LogP contribution in [0.1, 0.15) is 24.8 Å². The van der Waals surface area contributed by atoms with Crippen LogP contribution in [0.5, 0.6) is 5.75 Å². The lowest BCUT2D eigenvalue weighted by Gasteiger charge is -2.33. The van der Waals surface area contributed by atoms with Gasteiger partial charge in [-0.1, -0.05) is 23.2 Å². The molecule has 1 aromatic carbocycles. The lowest BCUT2D eigenvalue weighted by Crippen LogP contribution is -2.42. The zero-order chi connectivity index (χ0) is 21.2. The average Bonchev–Trinajstić information content (AvgIpc) is 3.19. The zero-order valence-corrected chi connectivity index (χ0v) is 17.0. The molecule has 0 spiro atoms. The van der Waals surface area contributed by atoms with Crippen LogP contribution in [-0.2, 0) is 16.0 Å². The van der Waals surface area contributed by atoms with Gasteiger partial charge in [0.1, 0.15) is 5.75 Å². The molecule has 10 heteroatoms. The second-order valence-corrected chi connectivity index (χ2v) is 8.24. The molecule has 0 aromatic heterocycles. The van der Waals surface area contributed by atoms with Gasteiger partial charge < -0.3 is 15.0 Å². The molecule has 1 atom stereocenters. The van der Waals surface area contributed by atoms with E-state index in [-0.39, 0.29) is 33.5 Å². The van der Waals surface area contributed by atoms with Crippen molar-refractivity contribution in [1.29, 1.82) is 0 Å². The number of likely N-dealkylation sites (tertiary alicyclic amines) is 1. The number of hydrogen-bond donors (Lipinski definition) is 1. The first-order chi connectivity index (χ1) is 13.6. The van der Waals surface area contributed by atoms with Crippen molar-refractivity contribution in [3.05, 3.63) is 27.7 Å². The number of rotatable bonds is 4. The molecule has 0 aliphatic carbocycles. The predicted molar refractivity (Wildman–Crippen MR) is 102 cm³/mol. The van der Waals surface area contributed by atoms with E-state index < -0.39 is 12.1 Å². The Kier molecular flexibility index (Phi) is 6.96. The molecule has 0 radical (unpaired) electrons. The highest BCUT2D eigenvalue weighted by atomic mass is 35.5. The first-order valence-corrected chi connectivity index (χ1v) is 10.2. The van der Waals surface area contributed by atoms with E-state index in [2.05, 4.69) is 10.1 Å². The topological polar surface area (TPSA) is 58.6 Å². The van der Waals surface area contributed by atoms with Crippen molar-refractivity contribution in [2.24, 2.45) is 11.8 Å². The van der Waals surface area contributed by atoms with E-state index in [0.29, 0.717) is 44.5 Å². The van der Waals surface area contributed by atoms with Crippen molar-refractivity contribution < 1.29 is 27.5 Å². The third-order valence-corrected chi connectivity index (χ3v) is 6.10. The first-order valence-electron chi connectivity index (χ1n) is 9.41. The lowest BCUT2D eigenvalue weighted by molar-refractivity contribution is -0.189. The molecule has 3 rings (SSSR count). The van der Waals surface area contributed by atoms with Crippen LogP contribution in [0.15, 0.2) is 12.1 Å². The summed E-state index contributed by atoms with van der Waals surface area (Å²) in [6.45, 7) is 2.75. The van der Waals surface area contributed by atoms with E-state index in [9.17, 15) is 22.8 Å². The van der Waals surface area contributed by atoms with E-state index in [4.69, 9.17) is 23.2 Å². The molecule has 1 N–H and O–H groups in total. The number of benzene rings is 1. The van der Waals surface area contributed by atoms with Gasteiger partial charge in [-0.3, -0.25) is 4.79 Å². The second kappa shape index (κ2) is 9.10. The number of alkyl halides is 3. The molecule has 160 valence electrons. The predicted octanol–water partition coefficient (Wildman–Crippen LogP) is 3.85. The fourth-order valence-electron chi connectivity index (χ4n) is 3.77. The Balaban J connectivity index is 1.65. The largest absolute Gasteiger partial charge is 0.491 e. The van der Waals surface area contributed by atoms with Crippen molar-refractivity contribution in [1.82, 2.24) is 10.2 Å². The summed E-state index contributed by atoms with van der Waals surface area (Å²) in [5.74, 6) is -2.24. The van der Waals surface area contributed by atoms with Gasteiger partial charge in [-0.05, 0) is 49.8 Å². The van der Waals surface area contributed by atoms with Crippen LogP contribution >= 0.6 is 23.2 Å². The number of halogens is 5. The van der Waals surface area contributed by atoms with Crippen LogP contribution in [0.25, 0.3) is 0 Å². The minimum absolute atomic E-state index is 0.00554. The summed E-state index contributed by atoms with van der Waals surface area (Å²) in [6.07, 6.45) is -2.47. The summed E-state index contributed by atoms with van der Waals surface area (Å²) in [5.41, 5.74) is 0.391. The van der Waals surface area contributed by atoms with Crippen molar-refractivity contribution in [2.45, 2.75) is 31.9 Å². The van der Waals surface area contributed by atoms with E-state index >= 15 is 0 Å². The number of carbonyl (C=O) groups is 2. The Morgan fingerprint density at radius 2 is 1.79 bits per heavy atom. The normalized spacial score (nSPS) is 20.7. The number of nitrogens with one attached hydrogen (secondary N) is 1. The van der Waals surface area contributed by atoms with Crippen LogP contribution in [0.3, 0.4) is 0 Å². The molecule has 5 nitrogen and oxygen atoms in total. The van der Waals surface area contributed by atoms with E-state index in [1.165, 1.54) is 6.07 Å². The van der Waals surface area contributed by atoms with Crippen molar-refractivity contribution in [3.63, 3.8) is 0 Å². The Morgan fingerprint density at radius 1 is 1.14 bits per heavy atom. The van der Waals surface area contributed by atoms with Gasteiger partial charge in [0, 0.05) is 25.7 Å². The standard InChI is InChI=1S/C19H21Cl2F3N2O3/c20-14-8-13(16(9-15(14)21)29-18(28)19(22,23)24)7-11-2-5-26(6-3-11)17(27)12-1-4-25-10-12/h8-9,11-12,25H,1-7,10H2/t12-/m1/s1. The van der Waals surface area contributed by atoms with Gasteiger partial charge in [-0.2, -0.15) is 13.2 Å². The fraction of sp³-hybridized carbons (Fsp3) is 0.579. The van der Waals surface area contributed by atoms with E-state index in [1.807, 2.05) is 4.90 Å². The van der Waals surface area contributed by atoms with Crippen LogP contribution in [-0.4, -0.2) is 49.1 Å². The van der Waals surface area contributed by atoms with Crippen molar-refractivity contribution in [3.8, 4) is 5.75 Å². The molecule has 1 aromatic rings. The van der Waals surface area contributed by atoms with Crippen LogP contribution in [0, 0.1) is 11.8 Å². The number of carbonyl (C=O) groups excluding carboxylic acids is 2. The molecule has 0 saturated carbocycles. The van der Waals surface area contributed by atoms with Crippen LogP contribution in [0.2, 0.25) is 10.0 Å². The van der Waals surface area contributed by atoms with Gasteiger partial charge in [0.05, 0.1) is 16.0 Å². The summed E-state index contributed by atoms with van der Waals surface area (Å²) in [6, 6.07) is 2.57. The maximum absolute atomic E-state index is 12.6. The number of hydrogen-bond acceptors (Lipinski definition) is 4. The maximum atomic E-state index is 12.6. The number of amides is 1. The van der Waals surface area contributed by atoms with Gasteiger partial charge >= 0.3 is 12.1 Å².